The minimum absolute atomic E-state index is 0.0103. The van der Waals surface area contributed by atoms with Crippen molar-refractivity contribution in [3.63, 3.8) is 0 Å². The van der Waals surface area contributed by atoms with Gasteiger partial charge < -0.3 is 11.1 Å². The maximum atomic E-state index is 11.9. The molecule has 2 atom stereocenters. The van der Waals surface area contributed by atoms with E-state index < -0.39 is 0 Å². The van der Waals surface area contributed by atoms with Gasteiger partial charge >= 0.3 is 0 Å². The molecule has 6 heteroatoms. The van der Waals surface area contributed by atoms with Gasteiger partial charge in [-0.3, -0.25) is 4.79 Å². The number of nitrogens with two attached hydrogens (primary N) is 1. The molecule has 3 N–H and O–H groups in total. The number of amides is 1. The SMILES string of the molecule is CCc1nnc(NC(=O)CC2CCCCC2N)s1. The Balaban J connectivity index is 1.84. The number of nitrogens with one attached hydrogen (secondary N) is 1. The average molecular weight is 268 g/mol. The number of carbonyl (C=O) groups is 1. The predicted molar refractivity (Wildman–Crippen MR) is 72.5 cm³/mol. The molecule has 1 aliphatic rings. The molecule has 0 spiro atoms. The van der Waals surface area contributed by atoms with Gasteiger partial charge in [0.25, 0.3) is 0 Å². The Hall–Kier alpha value is -1.01. The molecule has 0 aromatic carbocycles. The first-order valence-corrected chi connectivity index (χ1v) is 7.38. The molecule has 1 amide bonds. The van der Waals surface area contributed by atoms with Gasteiger partial charge in [-0.25, -0.2) is 0 Å². The van der Waals surface area contributed by atoms with Crippen LogP contribution in [0.3, 0.4) is 0 Å². The molecule has 1 fully saturated rings. The van der Waals surface area contributed by atoms with Crippen molar-refractivity contribution < 1.29 is 4.79 Å². The average Bonchev–Trinajstić information content (AvgIpc) is 2.80. The maximum Gasteiger partial charge on any atom is 0.226 e. The lowest BCUT2D eigenvalue weighted by Gasteiger charge is -2.27. The minimum atomic E-state index is 0.0103. The first-order chi connectivity index (χ1) is 8.69. The lowest BCUT2D eigenvalue weighted by molar-refractivity contribution is -0.117. The number of hydrogen-bond acceptors (Lipinski definition) is 5. The third-order valence-corrected chi connectivity index (χ3v) is 4.41. The van der Waals surface area contributed by atoms with Gasteiger partial charge in [-0.1, -0.05) is 31.1 Å². The number of anilines is 1. The van der Waals surface area contributed by atoms with Crippen molar-refractivity contribution in [2.75, 3.05) is 5.32 Å². The largest absolute Gasteiger partial charge is 0.327 e. The number of carbonyl (C=O) groups excluding carboxylic acids is 1. The Kier molecular flexibility index (Phi) is 4.66. The summed E-state index contributed by atoms with van der Waals surface area (Å²) in [6, 6.07) is 0.171. The van der Waals surface area contributed by atoms with Gasteiger partial charge in [-0.2, -0.15) is 0 Å². The molecule has 18 heavy (non-hydrogen) atoms. The van der Waals surface area contributed by atoms with Crippen molar-refractivity contribution in [3.05, 3.63) is 5.01 Å². The molecule has 2 unspecified atom stereocenters. The first kappa shape index (κ1) is 13.4. The third-order valence-electron chi connectivity index (χ3n) is 3.43. The van der Waals surface area contributed by atoms with Crippen LogP contribution >= 0.6 is 11.3 Å². The summed E-state index contributed by atoms with van der Waals surface area (Å²) in [5.74, 6) is 0.327. The molecule has 1 aliphatic carbocycles. The van der Waals surface area contributed by atoms with E-state index in [4.69, 9.17) is 5.73 Å². The van der Waals surface area contributed by atoms with Crippen molar-refractivity contribution >= 4 is 22.4 Å². The van der Waals surface area contributed by atoms with Crippen LogP contribution < -0.4 is 11.1 Å². The van der Waals surface area contributed by atoms with Crippen LogP contribution in [0.4, 0.5) is 5.13 Å². The summed E-state index contributed by atoms with van der Waals surface area (Å²) in [7, 11) is 0. The molecule has 100 valence electrons. The molecule has 1 aromatic heterocycles. The number of nitrogens with zero attached hydrogens (tertiary/aromatic N) is 2. The van der Waals surface area contributed by atoms with E-state index in [0.29, 0.717) is 17.5 Å². The fourth-order valence-electron chi connectivity index (χ4n) is 2.35. The topological polar surface area (TPSA) is 80.9 Å². The predicted octanol–water partition coefficient (Wildman–Crippen LogP) is 1.95. The molecule has 2 rings (SSSR count). The zero-order valence-corrected chi connectivity index (χ0v) is 11.5. The molecule has 1 heterocycles. The molecule has 0 saturated heterocycles. The fraction of sp³-hybridized carbons (Fsp3) is 0.750. The van der Waals surface area contributed by atoms with Crippen LogP contribution in [-0.2, 0) is 11.2 Å². The van der Waals surface area contributed by atoms with Crippen LogP contribution in [0.5, 0.6) is 0 Å². The number of rotatable bonds is 4. The van der Waals surface area contributed by atoms with Crippen LogP contribution in [-0.4, -0.2) is 22.1 Å². The summed E-state index contributed by atoms with van der Waals surface area (Å²) in [4.78, 5) is 11.9. The number of hydrogen-bond donors (Lipinski definition) is 2. The van der Waals surface area contributed by atoms with Gasteiger partial charge in [0.1, 0.15) is 5.01 Å². The van der Waals surface area contributed by atoms with Gasteiger partial charge in [0.15, 0.2) is 0 Å². The van der Waals surface area contributed by atoms with Crippen LogP contribution in [0.1, 0.15) is 44.0 Å². The van der Waals surface area contributed by atoms with Crippen molar-refractivity contribution in [2.24, 2.45) is 11.7 Å². The molecular formula is C12H20N4OS. The van der Waals surface area contributed by atoms with Crippen molar-refractivity contribution in [2.45, 2.75) is 51.5 Å². The van der Waals surface area contributed by atoms with E-state index in [-0.39, 0.29) is 11.9 Å². The molecule has 0 aliphatic heterocycles. The van der Waals surface area contributed by atoms with Gasteiger partial charge in [0.2, 0.25) is 11.0 Å². The second-order valence-corrected chi connectivity index (χ2v) is 5.88. The second-order valence-electron chi connectivity index (χ2n) is 4.82. The van der Waals surface area contributed by atoms with E-state index in [1.54, 1.807) is 0 Å². The molecule has 5 nitrogen and oxygen atoms in total. The Labute approximate surface area is 111 Å². The Morgan fingerprint density at radius 2 is 2.22 bits per heavy atom. The highest BCUT2D eigenvalue weighted by atomic mass is 32.1. The fourth-order valence-corrected chi connectivity index (χ4v) is 3.04. The summed E-state index contributed by atoms with van der Waals surface area (Å²) in [5.41, 5.74) is 6.04. The van der Waals surface area contributed by atoms with E-state index in [2.05, 4.69) is 15.5 Å². The smallest absolute Gasteiger partial charge is 0.226 e. The summed E-state index contributed by atoms with van der Waals surface area (Å²) >= 11 is 1.44. The summed E-state index contributed by atoms with van der Waals surface area (Å²) < 4.78 is 0. The van der Waals surface area contributed by atoms with Gasteiger partial charge in [-0.05, 0) is 25.2 Å². The molecule has 0 radical (unpaired) electrons. The molecule has 1 aromatic rings. The van der Waals surface area contributed by atoms with E-state index in [1.807, 2.05) is 6.92 Å². The second kappa shape index (κ2) is 6.24. The molecule has 1 saturated carbocycles. The van der Waals surface area contributed by atoms with Gasteiger partial charge in [-0.15, -0.1) is 10.2 Å². The summed E-state index contributed by atoms with van der Waals surface area (Å²) in [6.45, 7) is 2.02. The van der Waals surface area contributed by atoms with Crippen LogP contribution in [0.2, 0.25) is 0 Å². The third kappa shape index (κ3) is 3.49. The monoisotopic (exact) mass is 268 g/mol. The van der Waals surface area contributed by atoms with Crippen molar-refractivity contribution in [1.82, 2.24) is 10.2 Å². The maximum absolute atomic E-state index is 11.9. The molecular weight excluding hydrogens is 248 g/mol. The van der Waals surface area contributed by atoms with E-state index in [1.165, 1.54) is 24.2 Å². The van der Waals surface area contributed by atoms with Crippen molar-refractivity contribution in [1.29, 1.82) is 0 Å². The Morgan fingerprint density at radius 1 is 1.44 bits per heavy atom. The van der Waals surface area contributed by atoms with Crippen LogP contribution in [0, 0.1) is 5.92 Å². The lowest BCUT2D eigenvalue weighted by atomic mass is 9.83. The summed E-state index contributed by atoms with van der Waals surface area (Å²) in [5, 5.41) is 12.3. The minimum Gasteiger partial charge on any atom is -0.327 e. The van der Waals surface area contributed by atoms with Crippen LogP contribution in [0.15, 0.2) is 0 Å². The van der Waals surface area contributed by atoms with E-state index in [9.17, 15) is 4.79 Å². The highest BCUT2D eigenvalue weighted by molar-refractivity contribution is 7.15. The van der Waals surface area contributed by atoms with Gasteiger partial charge in [0.05, 0.1) is 0 Å². The zero-order valence-electron chi connectivity index (χ0n) is 10.7. The Morgan fingerprint density at radius 3 is 2.89 bits per heavy atom. The zero-order chi connectivity index (χ0) is 13.0. The van der Waals surface area contributed by atoms with E-state index in [0.717, 1.165) is 24.3 Å². The Bertz CT molecular complexity index is 407. The molecule has 0 bridgehead atoms. The number of aryl methyl sites for hydroxylation is 1. The highest BCUT2D eigenvalue weighted by Crippen LogP contribution is 2.26. The lowest BCUT2D eigenvalue weighted by Crippen LogP contribution is -2.35. The normalized spacial score (nSPS) is 23.9. The van der Waals surface area contributed by atoms with Gasteiger partial charge in [0, 0.05) is 12.5 Å². The first-order valence-electron chi connectivity index (χ1n) is 6.57. The highest BCUT2D eigenvalue weighted by Gasteiger charge is 2.24. The summed E-state index contributed by atoms with van der Waals surface area (Å²) in [6.07, 6.45) is 5.82. The quantitative estimate of drug-likeness (QED) is 0.874. The van der Waals surface area contributed by atoms with Crippen molar-refractivity contribution in [3.8, 4) is 0 Å². The van der Waals surface area contributed by atoms with Crippen LogP contribution in [0.25, 0.3) is 0 Å². The number of aromatic nitrogens is 2. The standard InChI is InChI=1S/C12H20N4OS/c1-2-11-15-16-12(18-11)14-10(17)7-8-5-3-4-6-9(8)13/h8-9H,2-7,13H2,1H3,(H,14,16,17). The van der Waals surface area contributed by atoms with E-state index >= 15 is 0 Å².